The van der Waals surface area contributed by atoms with Crippen molar-refractivity contribution in [3.63, 3.8) is 0 Å². The van der Waals surface area contributed by atoms with Gasteiger partial charge in [-0.1, -0.05) is 55.7 Å². The number of rotatable bonds is 6. The summed E-state index contributed by atoms with van der Waals surface area (Å²) < 4.78 is 5.23. The van der Waals surface area contributed by atoms with E-state index in [0.29, 0.717) is 22.8 Å². The molecule has 2 aromatic carbocycles. The topological polar surface area (TPSA) is 75.7 Å². The summed E-state index contributed by atoms with van der Waals surface area (Å²) in [5, 5.41) is 2.74. The molecule has 1 heterocycles. The Hall–Kier alpha value is -3.15. The highest BCUT2D eigenvalue weighted by molar-refractivity contribution is 6.11. The van der Waals surface area contributed by atoms with Crippen LogP contribution in [0.5, 0.6) is 5.75 Å². The Morgan fingerprint density at radius 1 is 1.10 bits per heavy atom. The first kappa shape index (κ1) is 21.1. The van der Waals surface area contributed by atoms with Gasteiger partial charge in [0.15, 0.2) is 5.78 Å². The van der Waals surface area contributed by atoms with Crippen LogP contribution >= 0.6 is 0 Å². The highest BCUT2D eigenvalue weighted by Gasteiger charge is 2.49. The maximum Gasteiger partial charge on any atom is 0.325 e. The zero-order valence-corrected chi connectivity index (χ0v) is 18.0. The highest BCUT2D eigenvalue weighted by Crippen LogP contribution is 2.33. The predicted octanol–water partition coefficient (Wildman–Crippen LogP) is 4.39. The van der Waals surface area contributed by atoms with Gasteiger partial charge in [0.05, 0.1) is 13.7 Å². The maximum absolute atomic E-state index is 13.1. The van der Waals surface area contributed by atoms with Gasteiger partial charge in [-0.3, -0.25) is 14.5 Å². The molecule has 1 saturated carbocycles. The number of amides is 3. The molecule has 0 aromatic heterocycles. The lowest BCUT2D eigenvalue weighted by molar-refractivity contribution is -0.130. The Labute approximate surface area is 182 Å². The predicted molar refractivity (Wildman–Crippen MR) is 117 cm³/mol. The van der Waals surface area contributed by atoms with E-state index in [1.54, 1.807) is 38.3 Å². The molecule has 2 aliphatic rings. The molecule has 1 atom stereocenters. The average molecular weight is 421 g/mol. The fourth-order valence-electron chi connectivity index (χ4n) is 4.58. The molecule has 3 amide bonds. The molecule has 1 N–H and O–H groups in total. The number of Topliss-reactive ketones (excluding diaryl/α,β-unsaturated/α-hetero) is 1. The van der Waals surface area contributed by atoms with Crippen molar-refractivity contribution in [2.45, 2.75) is 50.5 Å². The molecule has 1 unspecified atom stereocenters. The summed E-state index contributed by atoms with van der Waals surface area (Å²) in [5.74, 6) is 0.451. The Bertz CT molecular complexity index is 995. The third kappa shape index (κ3) is 4.07. The van der Waals surface area contributed by atoms with E-state index in [2.05, 4.69) is 5.32 Å². The van der Waals surface area contributed by atoms with Gasteiger partial charge in [0.25, 0.3) is 5.91 Å². The van der Waals surface area contributed by atoms with Crippen LogP contribution in [0.3, 0.4) is 0 Å². The van der Waals surface area contributed by atoms with Crippen LogP contribution in [0.2, 0.25) is 0 Å². The number of carbonyl (C=O) groups is 3. The molecular weight excluding hydrogens is 392 g/mol. The van der Waals surface area contributed by atoms with E-state index in [4.69, 9.17) is 4.74 Å². The second-order valence-electron chi connectivity index (χ2n) is 8.56. The quantitative estimate of drug-likeness (QED) is 0.555. The number of ketones is 1. The van der Waals surface area contributed by atoms with E-state index >= 15 is 0 Å². The van der Waals surface area contributed by atoms with Crippen LogP contribution in [0.25, 0.3) is 0 Å². The maximum atomic E-state index is 13.1. The van der Waals surface area contributed by atoms with Gasteiger partial charge in [-0.25, -0.2) is 4.79 Å². The van der Waals surface area contributed by atoms with Crippen molar-refractivity contribution >= 4 is 17.7 Å². The van der Waals surface area contributed by atoms with Gasteiger partial charge in [0, 0.05) is 5.56 Å². The molecule has 6 nitrogen and oxygen atoms in total. The number of imide groups is 1. The molecule has 1 aliphatic heterocycles. The van der Waals surface area contributed by atoms with E-state index in [9.17, 15) is 14.4 Å². The monoisotopic (exact) mass is 420 g/mol. The first-order valence-corrected chi connectivity index (χ1v) is 10.8. The second-order valence-corrected chi connectivity index (χ2v) is 8.56. The summed E-state index contributed by atoms with van der Waals surface area (Å²) in [6, 6.07) is 14.1. The molecule has 0 spiro atoms. The van der Waals surface area contributed by atoms with Gasteiger partial charge >= 0.3 is 6.03 Å². The minimum Gasteiger partial charge on any atom is -0.497 e. The van der Waals surface area contributed by atoms with Gasteiger partial charge in [-0.15, -0.1) is 0 Å². The molecule has 2 fully saturated rings. The Morgan fingerprint density at radius 2 is 1.81 bits per heavy atom. The van der Waals surface area contributed by atoms with Crippen LogP contribution in [0.4, 0.5) is 4.79 Å². The zero-order chi connectivity index (χ0) is 22.0. The third-order valence-corrected chi connectivity index (χ3v) is 6.53. The number of carbonyl (C=O) groups excluding carboxylic acids is 3. The van der Waals surface area contributed by atoms with E-state index in [1.165, 1.54) is 37.7 Å². The summed E-state index contributed by atoms with van der Waals surface area (Å²) in [6.45, 7) is 1.36. The number of urea groups is 1. The number of benzene rings is 2. The number of hydrogen-bond acceptors (Lipinski definition) is 4. The lowest BCUT2D eigenvalue weighted by Gasteiger charge is -2.23. The number of ether oxygens (including phenoxy) is 1. The van der Waals surface area contributed by atoms with Crippen molar-refractivity contribution in [3.05, 3.63) is 65.2 Å². The molecule has 2 aromatic rings. The SMILES string of the molecule is COc1cccc(C2(C)NC(=O)N(CC(=O)c3ccc(C4CCCCC4)cc3)C2=O)c1. The number of methoxy groups -OCH3 is 1. The van der Waals surface area contributed by atoms with E-state index in [1.807, 2.05) is 24.3 Å². The Morgan fingerprint density at radius 3 is 2.48 bits per heavy atom. The van der Waals surface area contributed by atoms with Crippen molar-refractivity contribution in [2.24, 2.45) is 0 Å². The lowest BCUT2D eigenvalue weighted by Crippen LogP contribution is -2.41. The van der Waals surface area contributed by atoms with Crippen LogP contribution in [0.1, 0.15) is 66.4 Å². The molecule has 6 heteroatoms. The van der Waals surface area contributed by atoms with Crippen LogP contribution in [-0.4, -0.2) is 36.3 Å². The van der Waals surface area contributed by atoms with Crippen LogP contribution in [0.15, 0.2) is 48.5 Å². The van der Waals surface area contributed by atoms with Gasteiger partial charge in [-0.05, 0) is 48.9 Å². The average Bonchev–Trinajstić information content (AvgIpc) is 3.03. The van der Waals surface area contributed by atoms with E-state index in [-0.39, 0.29) is 12.3 Å². The standard InChI is InChI=1S/C25H28N2O4/c1-25(20-9-6-10-21(15-20)31-2)23(29)27(24(30)26-25)16-22(28)19-13-11-18(12-14-19)17-7-4-3-5-8-17/h6,9-15,17H,3-5,7-8,16H2,1-2H3,(H,26,30). The minimum atomic E-state index is -1.24. The summed E-state index contributed by atoms with van der Waals surface area (Å²) in [6.07, 6.45) is 6.19. The summed E-state index contributed by atoms with van der Waals surface area (Å²) >= 11 is 0. The summed E-state index contributed by atoms with van der Waals surface area (Å²) in [7, 11) is 1.54. The minimum absolute atomic E-state index is 0.256. The van der Waals surface area contributed by atoms with Gasteiger partial charge in [-0.2, -0.15) is 0 Å². The van der Waals surface area contributed by atoms with Crippen LogP contribution < -0.4 is 10.1 Å². The smallest absolute Gasteiger partial charge is 0.325 e. The first-order chi connectivity index (χ1) is 14.9. The van der Waals surface area contributed by atoms with Gasteiger partial charge in [0.2, 0.25) is 0 Å². The molecule has 162 valence electrons. The van der Waals surface area contributed by atoms with Crippen molar-refractivity contribution < 1.29 is 19.1 Å². The normalized spacial score (nSPS) is 21.8. The van der Waals surface area contributed by atoms with E-state index < -0.39 is 17.5 Å². The lowest BCUT2D eigenvalue weighted by atomic mass is 9.84. The van der Waals surface area contributed by atoms with Crippen LogP contribution in [-0.2, 0) is 10.3 Å². The summed E-state index contributed by atoms with van der Waals surface area (Å²) in [5.41, 5.74) is 1.14. The molecular formula is C25H28N2O4. The number of hydrogen-bond donors (Lipinski definition) is 1. The molecule has 0 radical (unpaired) electrons. The molecule has 1 aliphatic carbocycles. The third-order valence-electron chi connectivity index (χ3n) is 6.53. The fraction of sp³-hybridized carbons (Fsp3) is 0.400. The fourth-order valence-corrected chi connectivity index (χ4v) is 4.58. The van der Waals surface area contributed by atoms with E-state index in [0.717, 1.165) is 4.90 Å². The van der Waals surface area contributed by atoms with Crippen molar-refractivity contribution in [1.82, 2.24) is 10.2 Å². The Balaban J connectivity index is 1.48. The first-order valence-electron chi connectivity index (χ1n) is 10.8. The highest BCUT2D eigenvalue weighted by atomic mass is 16.5. The van der Waals surface area contributed by atoms with Crippen molar-refractivity contribution in [1.29, 1.82) is 0 Å². The Kier molecular flexibility index (Phi) is 5.81. The number of nitrogens with zero attached hydrogens (tertiary/aromatic N) is 1. The number of nitrogens with one attached hydrogen (secondary N) is 1. The van der Waals surface area contributed by atoms with Crippen molar-refractivity contribution in [3.8, 4) is 5.75 Å². The van der Waals surface area contributed by atoms with Gasteiger partial charge in [0.1, 0.15) is 11.3 Å². The molecule has 1 saturated heterocycles. The molecule has 0 bridgehead atoms. The second kappa shape index (κ2) is 8.53. The summed E-state index contributed by atoms with van der Waals surface area (Å²) in [4.78, 5) is 39.5. The molecule has 31 heavy (non-hydrogen) atoms. The van der Waals surface area contributed by atoms with Gasteiger partial charge < -0.3 is 10.1 Å². The van der Waals surface area contributed by atoms with Crippen molar-refractivity contribution in [2.75, 3.05) is 13.7 Å². The van der Waals surface area contributed by atoms with Crippen LogP contribution in [0, 0.1) is 0 Å². The largest absolute Gasteiger partial charge is 0.497 e. The molecule has 4 rings (SSSR count). The zero-order valence-electron chi connectivity index (χ0n) is 18.0.